The molecule has 5 aromatic rings. The Kier molecular flexibility index (Phi) is 4.73. The zero-order valence-electron chi connectivity index (χ0n) is 17.6. The van der Waals surface area contributed by atoms with Gasteiger partial charge in [-0.15, -0.1) is 10.2 Å². The van der Waals surface area contributed by atoms with Gasteiger partial charge < -0.3 is 10.6 Å². The lowest BCUT2D eigenvalue weighted by molar-refractivity contribution is 0.630. The van der Waals surface area contributed by atoms with Crippen molar-refractivity contribution in [3.63, 3.8) is 0 Å². The van der Waals surface area contributed by atoms with Gasteiger partial charge in [0.2, 0.25) is 5.95 Å². The Morgan fingerprint density at radius 1 is 1.00 bits per heavy atom. The van der Waals surface area contributed by atoms with Gasteiger partial charge >= 0.3 is 0 Å². The van der Waals surface area contributed by atoms with Crippen molar-refractivity contribution >= 4 is 22.4 Å². The van der Waals surface area contributed by atoms with E-state index in [4.69, 9.17) is 4.98 Å². The van der Waals surface area contributed by atoms with Crippen LogP contribution in [-0.2, 0) is 0 Å². The maximum atomic E-state index is 5.08. The van der Waals surface area contributed by atoms with Crippen LogP contribution in [-0.4, -0.2) is 43.7 Å². The molecule has 1 aliphatic heterocycles. The molecule has 0 amide bonds. The van der Waals surface area contributed by atoms with Gasteiger partial charge in [0, 0.05) is 30.5 Å². The van der Waals surface area contributed by atoms with Crippen LogP contribution < -0.4 is 10.6 Å². The third kappa shape index (κ3) is 3.36. The second-order valence-electron chi connectivity index (χ2n) is 8.16. The number of hydrogen-bond acceptors (Lipinski definition) is 6. The molecule has 3 aromatic heterocycles. The number of benzene rings is 2. The summed E-state index contributed by atoms with van der Waals surface area (Å²) in [7, 11) is 0. The van der Waals surface area contributed by atoms with Crippen LogP contribution in [0.4, 0.5) is 5.95 Å². The first kappa shape index (κ1) is 18.9. The summed E-state index contributed by atoms with van der Waals surface area (Å²) in [5.41, 5.74) is 4.67. The minimum Gasteiger partial charge on any atom is -0.354 e. The van der Waals surface area contributed by atoms with Gasteiger partial charge in [-0.05, 0) is 53.9 Å². The van der Waals surface area contributed by atoms with Crippen LogP contribution in [0.5, 0.6) is 0 Å². The number of nitrogens with one attached hydrogen (secondary N) is 2. The average molecular weight is 422 g/mol. The van der Waals surface area contributed by atoms with Crippen LogP contribution in [0.15, 0.2) is 73.3 Å². The molecule has 1 aliphatic rings. The summed E-state index contributed by atoms with van der Waals surface area (Å²) in [6.45, 7) is 1.89. The zero-order valence-corrected chi connectivity index (χ0v) is 17.6. The van der Waals surface area contributed by atoms with E-state index in [9.17, 15) is 0 Å². The molecule has 0 spiro atoms. The molecular weight excluding hydrogens is 398 g/mol. The van der Waals surface area contributed by atoms with E-state index < -0.39 is 0 Å². The van der Waals surface area contributed by atoms with E-state index in [-0.39, 0.29) is 0 Å². The van der Waals surface area contributed by atoms with Gasteiger partial charge in [0.1, 0.15) is 6.33 Å². The maximum Gasteiger partial charge on any atom is 0.210 e. The summed E-state index contributed by atoms with van der Waals surface area (Å²) in [6, 6.07) is 19.3. The second-order valence-corrected chi connectivity index (χ2v) is 8.16. The molecule has 1 atom stereocenters. The van der Waals surface area contributed by atoms with Crippen molar-refractivity contribution in [1.29, 1.82) is 0 Å². The number of nitrogens with zero attached hydrogens (tertiary/aromatic N) is 5. The molecule has 7 heteroatoms. The van der Waals surface area contributed by atoms with Crippen LogP contribution in [0.3, 0.4) is 0 Å². The summed E-state index contributed by atoms with van der Waals surface area (Å²) in [5.74, 6) is 0.745. The molecule has 1 saturated heterocycles. The largest absolute Gasteiger partial charge is 0.354 e. The van der Waals surface area contributed by atoms with Crippen LogP contribution in [0, 0.1) is 0 Å². The molecular formula is C25H23N7. The molecule has 0 unspecified atom stereocenters. The molecule has 0 bridgehead atoms. The predicted molar refractivity (Wildman–Crippen MR) is 126 cm³/mol. The molecule has 1 fully saturated rings. The summed E-state index contributed by atoms with van der Waals surface area (Å²) in [6.07, 6.45) is 7.71. The molecule has 0 aliphatic carbocycles. The number of hydrogen-bond donors (Lipinski definition) is 2. The van der Waals surface area contributed by atoms with E-state index in [1.165, 1.54) is 23.6 Å². The predicted octanol–water partition coefficient (Wildman–Crippen LogP) is 4.17. The van der Waals surface area contributed by atoms with Crippen molar-refractivity contribution in [2.75, 3.05) is 18.4 Å². The van der Waals surface area contributed by atoms with Gasteiger partial charge in [0.15, 0.2) is 5.65 Å². The third-order valence-corrected chi connectivity index (χ3v) is 6.11. The Hall–Kier alpha value is -3.84. The van der Waals surface area contributed by atoms with Crippen molar-refractivity contribution < 1.29 is 0 Å². The van der Waals surface area contributed by atoms with Crippen molar-refractivity contribution in [2.24, 2.45) is 0 Å². The molecule has 0 saturated carbocycles. The highest BCUT2D eigenvalue weighted by Crippen LogP contribution is 2.36. The lowest BCUT2D eigenvalue weighted by Crippen LogP contribution is -2.30. The Morgan fingerprint density at radius 2 is 1.88 bits per heavy atom. The van der Waals surface area contributed by atoms with E-state index in [0.717, 1.165) is 47.1 Å². The minimum absolute atomic E-state index is 0.452. The maximum absolute atomic E-state index is 5.08. The van der Waals surface area contributed by atoms with E-state index in [2.05, 4.69) is 68.3 Å². The van der Waals surface area contributed by atoms with E-state index in [0.29, 0.717) is 6.04 Å². The summed E-state index contributed by atoms with van der Waals surface area (Å²) in [5, 5.41) is 18.2. The standard InChI is InChI=1S/C25H23N7/c1-2-5-19-14-20(8-7-17(19)4-1)22-23(18-9-12-26-13-10-18)30-25(32-16-29-31-24(22)32)28-15-21-6-3-11-27-21/h1-2,4-5,7-10,12-14,16,21,27H,3,6,11,15H2,(H,28,30)/t21-/m0/s1. The fourth-order valence-corrected chi connectivity index (χ4v) is 4.48. The van der Waals surface area contributed by atoms with Gasteiger partial charge in [-0.2, -0.15) is 0 Å². The number of pyridine rings is 1. The first-order valence-electron chi connectivity index (χ1n) is 11.0. The molecule has 158 valence electrons. The van der Waals surface area contributed by atoms with Gasteiger partial charge in [-0.1, -0.05) is 36.4 Å². The van der Waals surface area contributed by atoms with Gasteiger partial charge in [-0.3, -0.25) is 9.38 Å². The second kappa shape index (κ2) is 8.01. The topological polar surface area (TPSA) is 80.0 Å². The smallest absolute Gasteiger partial charge is 0.210 e. The Bertz CT molecular complexity index is 1390. The number of rotatable bonds is 5. The quantitative estimate of drug-likeness (QED) is 0.443. The lowest BCUT2D eigenvalue weighted by Gasteiger charge is -2.17. The van der Waals surface area contributed by atoms with Crippen molar-refractivity contribution in [2.45, 2.75) is 18.9 Å². The Labute approximate surface area is 185 Å². The fourth-order valence-electron chi connectivity index (χ4n) is 4.48. The Morgan fingerprint density at radius 3 is 2.72 bits per heavy atom. The average Bonchev–Trinajstić information content (AvgIpc) is 3.55. The molecule has 32 heavy (non-hydrogen) atoms. The molecule has 4 heterocycles. The summed E-state index contributed by atoms with van der Waals surface area (Å²) in [4.78, 5) is 9.27. The van der Waals surface area contributed by atoms with Crippen LogP contribution in [0.2, 0.25) is 0 Å². The highest BCUT2D eigenvalue weighted by molar-refractivity contribution is 5.95. The van der Waals surface area contributed by atoms with Crippen molar-refractivity contribution in [3.05, 3.63) is 73.3 Å². The SMILES string of the molecule is c1ccc2cc(-c3c(-c4ccncc4)nc(NC[C@@H]4CCCN4)n4cnnc34)ccc2c1. The molecule has 0 radical (unpaired) electrons. The number of aromatic nitrogens is 5. The van der Waals surface area contributed by atoms with E-state index >= 15 is 0 Å². The lowest BCUT2D eigenvalue weighted by atomic mass is 9.98. The zero-order chi connectivity index (χ0) is 21.3. The molecule has 2 aromatic carbocycles. The van der Waals surface area contributed by atoms with Crippen molar-refractivity contribution in [1.82, 2.24) is 29.9 Å². The van der Waals surface area contributed by atoms with E-state index in [1.54, 1.807) is 18.7 Å². The monoisotopic (exact) mass is 421 g/mol. The first-order valence-corrected chi connectivity index (χ1v) is 11.0. The highest BCUT2D eigenvalue weighted by atomic mass is 15.3. The van der Waals surface area contributed by atoms with Crippen LogP contribution in [0.25, 0.3) is 38.8 Å². The van der Waals surface area contributed by atoms with Crippen LogP contribution in [0.1, 0.15) is 12.8 Å². The first-order chi connectivity index (χ1) is 15.9. The van der Waals surface area contributed by atoms with Crippen LogP contribution >= 0.6 is 0 Å². The fraction of sp³-hybridized carbons (Fsp3) is 0.200. The highest BCUT2D eigenvalue weighted by Gasteiger charge is 2.20. The van der Waals surface area contributed by atoms with Gasteiger partial charge in [-0.25, -0.2) is 4.98 Å². The summed E-state index contributed by atoms with van der Waals surface area (Å²) < 4.78 is 1.95. The number of fused-ring (bicyclic) bond motifs is 2. The Balaban J connectivity index is 1.54. The molecule has 2 N–H and O–H groups in total. The summed E-state index contributed by atoms with van der Waals surface area (Å²) >= 11 is 0. The van der Waals surface area contributed by atoms with Gasteiger partial charge in [0.05, 0.1) is 11.3 Å². The van der Waals surface area contributed by atoms with E-state index in [1.807, 2.05) is 16.5 Å². The normalized spacial score (nSPS) is 16.1. The molecule has 6 rings (SSSR count). The van der Waals surface area contributed by atoms with Crippen molar-refractivity contribution in [3.8, 4) is 22.4 Å². The minimum atomic E-state index is 0.452. The molecule has 7 nitrogen and oxygen atoms in total. The third-order valence-electron chi connectivity index (χ3n) is 6.11. The number of anilines is 1. The van der Waals surface area contributed by atoms with Gasteiger partial charge in [0.25, 0.3) is 0 Å².